The first-order valence-electron chi connectivity index (χ1n) is 10.3. The second-order valence-electron chi connectivity index (χ2n) is 8.79. The number of ether oxygens (including phenoxy) is 3. The normalized spacial score (nSPS) is 18.8. The lowest BCUT2D eigenvalue weighted by molar-refractivity contribution is 0.0138. The van der Waals surface area contributed by atoms with Gasteiger partial charge in [-0.05, 0) is 57.4 Å². The Morgan fingerprint density at radius 1 is 1.13 bits per heavy atom. The van der Waals surface area contributed by atoms with Gasteiger partial charge in [0.25, 0.3) is 0 Å². The van der Waals surface area contributed by atoms with E-state index in [1.165, 1.54) is 11.0 Å². The summed E-state index contributed by atoms with van der Waals surface area (Å²) in [5.74, 6) is 0. The molecule has 3 rings (SSSR count). The maximum atomic E-state index is 12.4. The van der Waals surface area contributed by atoms with E-state index in [9.17, 15) is 18.0 Å². The molecule has 2 heterocycles. The van der Waals surface area contributed by atoms with E-state index in [0.717, 1.165) is 11.8 Å². The van der Waals surface area contributed by atoms with Crippen LogP contribution in [0.15, 0.2) is 23.1 Å². The number of rotatable bonds is 5. The Morgan fingerprint density at radius 2 is 1.87 bits per heavy atom. The number of likely N-dealkylation sites (tertiary alicyclic amines) is 1. The van der Waals surface area contributed by atoms with Crippen LogP contribution in [0.2, 0.25) is 0 Å². The average Bonchev–Trinajstić information content (AvgIpc) is 3.29. The Bertz CT molecular complexity index is 940. The first-order chi connectivity index (χ1) is 14.4. The highest BCUT2D eigenvalue weighted by Gasteiger charge is 2.31. The minimum atomic E-state index is -3.29. The van der Waals surface area contributed by atoms with Crippen molar-refractivity contribution in [3.63, 3.8) is 0 Å². The number of hydrogen-bond donors (Lipinski definition) is 0. The molecule has 0 aromatic heterocycles. The zero-order chi connectivity index (χ0) is 22.8. The number of carbonyl (C=O) groups is 2. The van der Waals surface area contributed by atoms with Crippen LogP contribution in [0, 0.1) is 0 Å². The molecule has 0 aliphatic carbocycles. The van der Waals surface area contributed by atoms with Crippen LogP contribution < -0.4 is 4.90 Å². The van der Waals surface area contributed by atoms with Crippen LogP contribution >= 0.6 is 0 Å². The molecule has 10 heteroatoms. The van der Waals surface area contributed by atoms with Gasteiger partial charge in [-0.3, -0.25) is 4.90 Å². The molecule has 9 nitrogen and oxygen atoms in total. The molecule has 1 atom stereocenters. The van der Waals surface area contributed by atoms with Crippen molar-refractivity contribution < 1.29 is 32.2 Å². The molecule has 2 aliphatic heterocycles. The van der Waals surface area contributed by atoms with Crippen LogP contribution in [0.4, 0.5) is 15.3 Å². The number of benzene rings is 1. The summed E-state index contributed by atoms with van der Waals surface area (Å²) in [5, 5.41) is 0. The largest absolute Gasteiger partial charge is 0.447 e. The number of amides is 2. The minimum absolute atomic E-state index is 0.0923. The van der Waals surface area contributed by atoms with E-state index in [4.69, 9.17) is 14.2 Å². The second kappa shape index (κ2) is 9.04. The van der Waals surface area contributed by atoms with Gasteiger partial charge in [0.05, 0.1) is 29.8 Å². The van der Waals surface area contributed by atoms with Gasteiger partial charge in [-0.25, -0.2) is 18.0 Å². The van der Waals surface area contributed by atoms with Crippen molar-refractivity contribution in [1.29, 1.82) is 0 Å². The third-order valence-corrected chi connectivity index (χ3v) is 6.16. The van der Waals surface area contributed by atoms with E-state index < -0.39 is 21.5 Å². The molecule has 1 aromatic rings. The van der Waals surface area contributed by atoms with Crippen molar-refractivity contribution in [2.24, 2.45) is 0 Å². The summed E-state index contributed by atoms with van der Waals surface area (Å²) in [4.78, 5) is 27.9. The molecule has 172 valence electrons. The average molecular weight is 455 g/mol. The number of fused-ring (bicyclic) bond motifs is 1. The molecular formula is C21H30N2O7S. The van der Waals surface area contributed by atoms with Gasteiger partial charge in [0.1, 0.15) is 12.2 Å². The molecule has 0 spiro atoms. The lowest BCUT2D eigenvalue weighted by Gasteiger charge is -2.24. The van der Waals surface area contributed by atoms with Crippen LogP contribution in [0.1, 0.15) is 32.8 Å². The van der Waals surface area contributed by atoms with Crippen molar-refractivity contribution >= 4 is 27.7 Å². The molecule has 31 heavy (non-hydrogen) atoms. The highest BCUT2D eigenvalue weighted by molar-refractivity contribution is 7.90. The molecule has 2 aliphatic rings. The van der Waals surface area contributed by atoms with Gasteiger partial charge in [-0.15, -0.1) is 0 Å². The number of nitrogens with zero attached hydrogens (tertiary/aromatic N) is 2. The predicted molar refractivity (Wildman–Crippen MR) is 114 cm³/mol. The first-order valence-corrected chi connectivity index (χ1v) is 12.2. The Morgan fingerprint density at radius 3 is 2.55 bits per heavy atom. The molecule has 0 N–H and O–H groups in total. The summed E-state index contributed by atoms with van der Waals surface area (Å²) in [6.07, 6.45) is 1.48. The van der Waals surface area contributed by atoms with E-state index in [2.05, 4.69) is 0 Å². The van der Waals surface area contributed by atoms with E-state index in [1.54, 1.807) is 17.0 Å². The number of anilines is 1. The standard InChI is InChI=1S/C21H30N2O7S/c1-21(2,3)30-19(24)22-9-8-16(14-22)28-11-12-29-20(25)23-10-7-15-13-17(31(4,26)27)5-6-18(15)23/h5-6,13,16H,7-12,14H2,1-4H3/t16-/m1/s1. The first kappa shape index (κ1) is 23.3. The quantitative estimate of drug-likeness (QED) is 0.630. The molecule has 1 saturated heterocycles. The summed E-state index contributed by atoms with van der Waals surface area (Å²) < 4.78 is 39.8. The monoisotopic (exact) mass is 454 g/mol. The van der Waals surface area contributed by atoms with E-state index in [1.807, 2.05) is 20.8 Å². The van der Waals surface area contributed by atoms with Gasteiger partial charge in [0.15, 0.2) is 9.84 Å². The summed E-state index contributed by atoms with van der Waals surface area (Å²) in [6, 6.07) is 4.75. The maximum absolute atomic E-state index is 12.4. The highest BCUT2D eigenvalue weighted by Crippen LogP contribution is 2.30. The van der Waals surface area contributed by atoms with Gasteiger partial charge in [-0.2, -0.15) is 0 Å². The maximum Gasteiger partial charge on any atom is 0.414 e. The fourth-order valence-corrected chi connectivity index (χ4v) is 4.25. The smallest absolute Gasteiger partial charge is 0.414 e. The third kappa shape index (κ3) is 6.10. The number of hydrogen-bond acceptors (Lipinski definition) is 7. The zero-order valence-corrected chi connectivity index (χ0v) is 19.2. The molecule has 0 radical (unpaired) electrons. The summed E-state index contributed by atoms with van der Waals surface area (Å²) in [6.45, 7) is 7.26. The van der Waals surface area contributed by atoms with Crippen LogP contribution in [-0.2, 0) is 30.5 Å². The van der Waals surface area contributed by atoms with Crippen LogP contribution in [0.5, 0.6) is 0 Å². The van der Waals surface area contributed by atoms with Gasteiger partial charge in [-0.1, -0.05) is 0 Å². The van der Waals surface area contributed by atoms with Crippen molar-refractivity contribution in [1.82, 2.24) is 4.90 Å². The van der Waals surface area contributed by atoms with E-state index in [0.29, 0.717) is 38.2 Å². The second-order valence-corrected chi connectivity index (χ2v) is 10.8. The minimum Gasteiger partial charge on any atom is -0.447 e. The summed E-state index contributed by atoms with van der Waals surface area (Å²) in [7, 11) is -3.29. The lowest BCUT2D eigenvalue weighted by Crippen LogP contribution is -2.36. The van der Waals surface area contributed by atoms with Crippen LogP contribution in [0.3, 0.4) is 0 Å². The van der Waals surface area contributed by atoms with Crippen LogP contribution in [0.25, 0.3) is 0 Å². The van der Waals surface area contributed by atoms with E-state index in [-0.39, 0.29) is 30.3 Å². The van der Waals surface area contributed by atoms with Gasteiger partial charge in [0.2, 0.25) is 0 Å². The Labute approximate surface area is 183 Å². The van der Waals surface area contributed by atoms with Crippen LogP contribution in [-0.4, -0.2) is 76.3 Å². The van der Waals surface area contributed by atoms with Crippen molar-refractivity contribution in [2.75, 3.05) is 44.0 Å². The molecule has 1 fully saturated rings. The zero-order valence-electron chi connectivity index (χ0n) is 18.4. The van der Waals surface area contributed by atoms with Crippen molar-refractivity contribution in [2.45, 2.75) is 50.2 Å². The topological polar surface area (TPSA) is 102 Å². The Kier molecular flexibility index (Phi) is 6.80. The molecule has 2 amide bonds. The molecule has 1 aromatic carbocycles. The molecule has 0 bridgehead atoms. The highest BCUT2D eigenvalue weighted by atomic mass is 32.2. The Hall–Kier alpha value is -2.33. The molecule has 0 saturated carbocycles. The molecule has 0 unspecified atom stereocenters. The predicted octanol–water partition coefficient (Wildman–Crippen LogP) is 2.62. The van der Waals surface area contributed by atoms with E-state index >= 15 is 0 Å². The summed E-state index contributed by atoms with van der Waals surface area (Å²) in [5.41, 5.74) is 0.941. The van der Waals surface area contributed by atoms with Gasteiger partial charge < -0.3 is 19.1 Å². The number of sulfone groups is 1. The fraction of sp³-hybridized carbons (Fsp3) is 0.619. The SMILES string of the molecule is CC(C)(C)OC(=O)N1CC[C@@H](OCCOC(=O)N2CCc3cc(S(C)(=O)=O)ccc32)C1. The summed E-state index contributed by atoms with van der Waals surface area (Å²) >= 11 is 0. The van der Waals surface area contributed by atoms with Gasteiger partial charge >= 0.3 is 12.2 Å². The van der Waals surface area contributed by atoms with Crippen molar-refractivity contribution in [3.05, 3.63) is 23.8 Å². The lowest BCUT2D eigenvalue weighted by atomic mass is 10.2. The van der Waals surface area contributed by atoms with Crippen molar-refractivity contribution in [3.8, 4) is 0 Å². The molecular weight excluding hydrogens is 424 g/mol. The number of carbonyl (C=O) groups excluding carboxylic acids is 2. The Balaban J connectivity index is 1.42. The van der Waals surface area contributed by atoms with Gasteiger partial charge in [0, 0.05) is 19.3 Å². The third-order valence-electron chi connectivity index (χ3n) is 5.05. The fourth-order valence-electron chi connectivity index (χ4n) is 3.58.